The van der Waals surface area contributed by atoms with E-state index in [2.05, 4.69) is 19.2 Å². The normalized spacial score (nSPS) is 17.4. The molecule has 1 unspecified atom stereocenters. The number of ether oxygens (including phenoxy) is 2. The molecule has 1 atom stereocenters. The molecule has 0 spiro atoms. The third-order valence-electron chi connectivity index (χ3n) is 4.21. The summed E-state index contributed by atoms with van der Waals surface area (Å²) in [6, 6.07) is 5.97. The SMILES string of the molecule is CNC(COc1ccc(C)c(C)c1)(C(=O)OC)C1CC1. The van der Waals surface area contributed by atoms with E-state index in [9.17, 15) is 4.79 Å². The Balaban J connectivity index is 2.12. The van der Waals surface area contributed by atoms with E-state index >= 15 is 0 Å². The lowest BCUT2D eigenvalue weighted by Crippen LogP contribution is -2.57. The number of aryl methyl sites for hydroxylation is 2. The first kappa shape index (κ1) is 14.9. The maximum atomic E-state index is 12.1. The Bertz CT molecular complexity index is 496. The number of carbonyl (C=O) groups excluding carboxylic acids is 1. The van der Waals surface area contributed by atoms with Gasteiger partial charge in [-0.25, -0.2) is 4.79 Å². The summed E-state index contributed by atoms with van der Waals surface area (Å²) in [4.78, 5) is 12.1. The lowest BCUT2D eigenvalue weighted by Gasteiger charge is -2.30. The van der Waals surface area contributed by atoms with Crippen LogP contribution >= 0.6 is 0 Å². The Labute approximate surface area is 120 Å². The highest BCUT2D eigenvalue weighted by Crippen LogP contribution is 2.40. The Kier molecular flexibility index (Phi) is 4.33. The van der Waals surface area contributed by atoms with E-state index in [4.69, 9.17) is 9.47 Å². The molecular formula is C16H23NO3. The maximum absolute atomic E-state index is 12.1. The highest BCUT2D eigenvalue weighted by atomic mass is 16.5. The molecule has 0 heterocycles. The first-order chi connectivity index (χ1) is 9.53. The highest BCUT2D eigenvalue weighted by molar-refractivity contribution is 5.82. The zero-order chi connectivity index (χ0) is 14.8. The molecule has 0 amide bonds. The van der Waals surface area contributed by atoms with Gasteiger partial charge in [0.05, 0.1) is 7.11 Å². The quantitative estimate of drug-likeness (QED) is 0.810. The average molecular weight is 277 g/mol. The van der Waals surface area contributed by atoms with Crippen LogP contribution in [0.2, 0.25) is 0 Å². The maximum Gasteiger partial charge on any atom is 0.329 e. The molecule has 4 heteroatoms. The minimum atomic E-state index is -0.729. The van der Waals surface area contributed by atoms with Crippen molar-refractivity contribution in [3.05, 3.63) is 29.3 Å². The van der Waals surface area contributed by atoms with Gasteiger partial charge in [-0.15, -0.1) is 0 Å². The van der Waals surface area contributed by atoms with E-state index in [1.165, 1.54) is 18.2 Å². The number of likely N-dealkylation sites (N-methyl/N-ethyl adjacent to an activating group) is 1. The molecule has 2 rings (SSSR count). The van der Waals surface area contributed by atoms with Crippen LogP contribution in [0.4, 0.5) is 0 Å². The molecule has 0 aromatic heterocycles. The Morgan fingerprint density at radius 1 is 1.35 bits per heavy atom. The molecule has 1 aromatic carbocycles. The van der Waals surface area contributed by atoms with Gasteiger partial charge in [0.2, 0.25) is 0 Å². The van der Waals surface area contributed by atoms with Crippen LogP contribution in [-0.4, -0.2) is 32.3 Å². The van der Waals surface area contributed by atoms with Crippen molar-refractivity contribution in [1.82, 2.24) is 5.32 Å². The van der Waals surface area contributed by atoms with E-state index in [0.717, 1.165) is 18.6 Å². The summed E-state index contributed by atoms with van der Waals surface area (Å²) >= 11 is 0. The van der Waals surface area contributed by atoms with Gasteiger partial charge in [0.15, 0.2) is 5.54 Å². The number of methoxy groups -OCH3 is 1. The second-order valence-corrected chi connectivity index (χ2v) is 5.52. The minimum absolute atomic E-state index is 0.244. The van der Waals surface area contributed by atoms with Crippen molar-refractivity contribution in [2.75, 3.05) is 20.8 Å². The molecule has 0 aliphatic heterocycles. The van der Waals surface area contributed by atoms with E-state index in [-0.39, 0.29) is 5.97 Å². The number of hydrogen-bond donors (Lipinski definition) is 1. The van der Waals surface area contributed by atoms with Crippen molar-refractivity contribution in [3.8, 4) is 5.75 Å². The summed E-state index contributed by atoms with van der Waals surface area (Å²) in [6.45, 7) is 4.41. The Morgan fingerprint density at radius 2 is 2.05 bits per heavy atom. The van der Waals surface area contributed by atoms with Gasteiger partial charge >= 0.3 is 5.97 Å². The summed E-state index contributed by atoms with van der Waals surface area (Å²) in [5.74, 6) is 0.843. The molecule has 1 aliphatic rings. The van der Waals surface area contributed by atoms with Crippen molar-refractivity contribution < 1.29 is 14.3 Å². The molecule has 1 saturated carbocycles. The second kappa shape index (κ2) is 5.83. The monoisotopic (exact) mass is 277 g/mol. The fraction of sp³-hybridized carbons (Fsp3) is 0.562. The summed E-state index contributed by atoms with van der Waals surface area (Å²) in [5, 5.41) is 3.12. The largest absolute Gasteiger partial charge is 0.491 e. The van der Waals surface area contributed by atoms with Crippen molar-refractivity contribution in [2.45, 2.75) is 32.2 Å². The molecule has 20 heavy (non-hydrogen) atoms. The second-order valence-electron chi connectivity index (χ2n) is 5.52. The molecular weight excluding hydrogens is 254 g/mol. The van der Waals surface area contributed by atoms with Gasteiger partial charge in [0.1, 0.15) is 12.4 Å². The van der Waals surface area contributed by atoms with Crippen LogP contribution < -0.4 is 10.1 Å². The van der Waals surface area contributed by atoms with Crippen LogP contribution in [0.5, 0.6) is 5.75 Å². The zero-order valence-electron chi connectivity index (χ0n) is 12.7. The van der Waals surface area contributed by atoms with Gasteiger partial charge in [-0.05, 0) is 62.9 Å². The first-order valence-electron chi connectivity index (χ1n) is 7.01. The third-order valence-corrected chi connectivity index (χ3v) is 4.21. The Hall–Kier alpha value is -1.55. The predicted molar refractivity (Wildman–Crippen MR) is 77.9 cm³/mol. The zero-order valence-corrected chi connectivity index (χ0v) is 12.7. The topological polar surface area (TPSA) is 47.6 Å². The fourth-order valence-corrected chi connectivity index (χ4v) is 2.48. The summed E-state index contributed by atoms with van der Waals surface area (Å²) in [6.07, 6.45) is 2.07. The van der Waals surface area contributed by atoms with Crippen LogP contribution in [0.3, 0.4) is 0 Å². The van der Waals surface area contributed by atoms with Crippen molar-refractivity contribution in [2.24, 2.45) is 5.92 Å². The predicted octanol–water partition coefficient (Wildman–Crippen LogP) is 2.22. The van der Waals surface area contributed by atoms with Crippen LogP contribution in [0.1, 0.15) is 24.0 Å². The standard InChI is InChI=1S/C16H23NO3/c1-11-5-8-14(9-12(11)2)20-10-16(17-3,13-6-7-13)15(18)19-4/h5,8-9,13,17H,6-7,10H2,1-4H3. The van der Waals surface area contributed by atoms with Gasteiger partial charge < -0.3 is 14.8 Å². The van der Waals surface area contributed by atoms with E-state index < -0.39 is 5.54 Å². The minimum Gasteiger partial charge on any atom is -0.491 e. The lowest BCUT2D eigenvalue weighted by atomic mass is 9.94. The van der Waals surface area contributed by atoms with E-state index in [1.807, 2.05) is 18.2 Å². The number of esters is 1. The van der Waals surface area contributed by atoms with Gasteiger partial charge in [0.25, 0.3) is 0 Å². The fourth-order valence-electron chi connectivity index (χ4n) is 2.48. The lowest BCUT2D eigenvalue weighted by molar-refractivity contribution is -0.151. The van der Waals surface area contributed by atoms with Crippen LogP contribution in [-0.2, 0) is 9.53 Å². The van der Waals surface area contributed by atoms with Gasteiger partial charge in [0, 0.05) is 0 Å². The molecule has 1 N–H and O–H groups in total. The van der Waals surface area contributed by atoms with Crippen molar-refractivity contribution in [3.63, 3.8) is 0 Å². The summed E-state index contributed by atoms with van der Waals surface area (Å²) in [7, 11) is 3.21. The smallest absolute Gasteiger partial charge is 0.329 e. The highest BCUT2D eigenvalue weighted by Gasteiger charge is 2.51. The number of rotatable bonds is 6. The van der Waals surface area contributed by atoms with E-state index in [0.29, 0.717) is 12.5 Å². The average Bonchev–Trinajstić information content (AvgIpc) is 3.28. The number of carbonyl (C=O) groups is 1. The van der Waals surface area contributed by atoms with Crippen LogP contribution in [0.25, 0.3) is 0 Å². The molecule has 110 valence electrons. The summed E-state index contributed by atoms with van der Waals surface area (Å²) < 4.78 is 10.8. The van der Waals surface area contributed by atoms with Crippen molar-refractivity contribution in [1.29, 1.82) is 0 Å². The summed E-state index contributed by atoms with van der Waals surface area (Å²) in [5.41, 5.74) is 1.68. The molecule has 1 fully saturated rings. The van der Waals surface area contributed by atoms with Gasteiger partial charge in [-0.3, -0.25) is 0 Å². The van der Waals surface area contributed by atoms with E-state index in [1.54, 1.807) is 7.05 Å². The van der Waals surface area contributed by atoms with Gasteiger partial charge in [-0.1, -0.05) is 6.07 Å². The molecule has 0 radical (unpaired) electrons. The number of hydrogen-bond acceptors (Lipinski definition) is 4. The first-order valence-corrected chi connectivity index (χ1v) is 7.01. The van der Waals surface area contributed by atoms with Crippen LogP contribution in [0, 0.1) is 19.8 Å². The number of benzene rings is 1. The van der Waals surface area contributed by atoms with Gasteiger partial charge in [-0.2, -0.15) is 0 Å². The van der Waals surface area contributed by atoms with Crippen molar-refractivity contribution >= 4 is 5.97 Å². The third kappa shape index (κ3) is 2.80. The molecule has 4 nitrogen and oxygen atoms in total. The number of nitrogens with one attached hydrogen (secondary N) is 1. The molecule has 0 saturated heterocycles. The van der Waals surface area contributed by atoms with Crippen LogP contribution in [0.15, 0.2) is 18.2 Å². The molecule has 1 aromatic rings. The Morgan fingerprint density at radius 3 is 2.55 bits per heavy atom. The molecule has 1 aliphatic carbocycles. The molecule has 0 bridgehead atoms.